The zero-order valence-electron chi connectivity index (χ0n) is 14.9. The molecular formula is C20H18BrN3O3. The molecule has 1 N–H and O–H groups in total. The Morgan fingerprint density at radius 1 is 1.07 bits per heavy atom. The Hall–Kier alpha value is -2.93. The van der Waals surface area contributed by atoms with E-state index < -0.39 is 0 Å². The van der Waals surface area contributed by atoms with Crippen molar-refractivity contribution in [2.75, 3.05) is 14.2 Å². The average Bonchev–Trinajstić information content (AvgIpc) is 2.72. The Kier molecular flexibility index (Phi) is 6.03. The van der Waals surface area contributed by atoms with Gasteiger partial charge in [0.1, 0.15) is 5.69 Å². The Morgan fingerprint density at radius 3 is 2.59 bits per heavy atom. The number of aromatic nitrogens is 2. The molecule has 0 bridgehead atoms. The van der Waals surface area contributed by atoms with Gasteiger partial charge in [-0.2, -0.15) is 0 Å². The summed E-state index contributed by atoms with van der Waals surface area (Å²) in [6, 6.07) is 12.7. The highest BCUT2D eigenvalue weighted by Crippen LogP contribution is 2.27. The molecular weight excluding hydrogens is 410 g/mol. The van der Waals surface area contributed by atoms with Crippen LogP contribution in [0.5, 0.6) is 11.5 Å². The maximum absolute atomic E-state index is 12.8. The van der Waals surface area contributed by atoms with Gasteiger partial charge in [0.2, 0.25) is 0 Å². The molecule has 1 aromatic carbocycles. The van der Waals surface area contributed by atoms with Gasteiger partial charge >= 0.3 is 0 Å². The van der Waals surface area contributed by atoms with Crippen LogP contribution in [0.25, 0.3) is 11.4 Å². The summed E-state index contributed by atoms with van der Waals surface area (Å²) >= 11 is 3.37. The lowest BCUT2D eigenvalue weighted by molar-refractivity contribution is 0.0951. The van der Waals surface area contributed by atoms with E-state index in [4.69, 9.17) is 9.47 Å². The van der Waals surface area contributed by atoms with Crippen LogP contribution < -0.4 is 14.8 Å². The molecule has 138 valence electrons. The maximum Gasteiger partial charge on any atom is 0.253 e. The van der Waals surface area contributed by atoms with E-state index in [1.165, 1.54) is 0 Å². The topological polar surface area (TPSA) is 73.3 Å². The summed E-state index contributed by atoms with van der Waals surface area (Å²) in [5.74, 6) is 1.02. The smallest absolute Gasteiger partial charge is 0.253 e. The second-order valence-electron chi connectivity index (χ2n) is 5.64. The van der Waals surface area contributed by atoms with Gasteiger partial charge in [0.25, 0.3) is 5.91 Å². The van der Waals surface area contributed by atoms with Crippen molar-refractivity contribution in [3.8, 4) is 22.9 Å². The first-order valence-corrected chi connectivity index (χ1v) is 8.97. The predicted molar refractivity (Wildman–Crippen MR) is 106 cm³/mol. The van der Waals surface area contributed by atoms with E-state index in [1.54, 1.807) is 38.7 Å². The first-order valence-electron chi connectivity index (χ1n) is 8.18. The van der Waals surface area contributed by atoms with Gasteiger partial charge < -0.3 is 14.8 Å². The molecule has 2 aromatic heterocycles. The number of pyridine rings is 2. The van der Waals surface area contributed by atoms with E-state index in [0.717, 1.165) is 10.0 Å². The number of benzene rings is 1. The molecule has 0 unspecified atom stereocenters. The van der Waals surface area contributed by atoms with E-state index in [2.05, 4.69) is 31.2 Å². The highest BCUT2D eigenvalue weighted by atomic mass is 79.9. The molecule has 2 heterocycles. The monoisotopic (exact) mass is 427 g/mol. The van der Waals surface area contributed by atoms with Gasteiger partial charge in [-0.1, -0.05) is 12.1 Å². The van der Waals surface area contributed by atoms with Crippen LogP contribution >= 0.6 is 15.9 Å². The summed E-state index contributed by atoms with van der Waals surface area (Å²) < 4.78 is 11.3. The van der Waals surface area contributed by atoms with Crippen LogP contribution in [0, 0.1) is 0 Å². The molecule has 3 aromatic rings. The number of amides is 1. The van der Waals surface area contributed by atoms with Gasteiger partial charge in [-0.15, -0.1) is 0 Å². The third-order valence-corrected chi connectivity index (χ3v) is 4.34. The van der Waals surface area contributed by atoms with Crippen molar-refractivity contribution in [3.63, 3.8) is 0 Å². The van der Waals surface area contributed by atoms with Crippen LogP contribution in [-0.4, -0.2) is 30.1 Å². The summed E-state index contributed by atoms with van der Waals surface area (Å²) in [7, 11) is 3.16. The second kappa shape index (κ2) is 8.64. The molecule has 1 amide bonds. The van der Waals surface area contributed by atoms with Crippen LogP contribution in [0.1, 0.15) is 15.9 Å². The lowest BCUT2D eigenvalue weighted by Crippen LogP contribution is -2.24. The molecule has 3 rings (SSSR count). The number of carbonyl (C=O) groups excluding carboxylic acids is 1. The predicted octanol–water partition coefficient (Wildman–Crippen LogP) is 3.85. The molecule has 0 aliphatic carbocycles. The lowest BCUT2D eigenvalue weighted by atomic mass is 10.1. The number of carbonyl (C=O) groups is 1. The zero-order valence-corrected chi connectivity index (χ0v) is 16.5. The van der Waals surface area contributed by atoms with E-state index >= 15 is 0 Å². The molecule has 0 fully saturated rings. The van der Waals surface area contributed by atoms with E-state index in [1.807, 2.05) is 30.3 Å². The first kappa shape index (κ1) is 18.8. The fourth-order valence-corrected chi connectivity index (χ4v) is 2.92. The molecule has 0 aliphatic rings. The molecule has 0 atom stereocenters. The minimum atomic E-state index is -0.237. The number of methoxy groups -OCH3 is 2. The quantitative estimate of drug-likeness (QED) is 0.646. The van der Waals surface area contributed by atoms with Crippen molar-refractivity contribution < 1.29 is 14.3 Å². The molecule has 7 heteroatoms. The number of hydrogen-bond donors (Lipinski definition) is 1. The van der Waals surface area contributed by atoms with Gasteiger partial charge in [0, 0.05) is 23.4 Å². The number of hydrogen-bond acceptors (Lipinski definition) is 5. The second-order valence-corrected chi connectivity index (χ2v) is 6.55. The van der Waals surface area contributed by atoms with Crippen LogP contribution in [-0.2, 0) is 6.54 Å². The summed E-state index contributed by atoms with van der Waals surface area (Å²) in [5, 5.41) is 2.92. The molecule has 0 saturated carbocycles. The average molecular weight is 428 g/mol. The van der Waals surface area contributed by atoms with E-state index in [0.29, 0.717) is 35.0 Å². The Balaban J connectivity index is 1.82. The molecule has 27 heavy (non-hydrogen) atoms. The Bertz CT molecular complexity index is 948. The Morgan fingerprint density at radius 2 is 1.89 bits per heavy atom. The van der Waals surface area contributed by atoms with Crippen LogP contribution in [0.2, 0.25) is 0 Å². The summed E-state index contributed by atoms with van der Waals surface area (Å²) in [5.41, 5.74) is 2.51. The minimum Gasteiger partial charge on any atom is -0.493 e. The highest BCUT2D eigenvalue weighted by molar-refractivity contribution is 9.10. The number of nitrogens with zero attached hydrogens (tertiary/aromatic N) is 2. The van der Waals surface area contributed by atoms with Crippen molar-refractivity contribution in [3.05, 3.63) is 70.5 Å². The van der Waals surface area contributed by atoms with E-state index in [9.17, 15) is 4.79 Å². The third kappa shape index (κ3) is 4.43. The minimum absolute atomic E-state index is 0.237. The molecule has 0 aliphatic heterocycles. The zero-order chi connectivity index (χ0) is 19.2. The van der Waals surface area contributed by atoms with Gasteiger partial charge in [-0.25, -0.2) is 0 Å². The maximum atomic E-state index is 12.8. The molecule has 0 spiro atoms. The number of ether oxygens (including phenoxy) is 2. The summed E-state index contributed by atoms with van der Waals surface area (Å²) in [6.07, 6.45) is 3.32. The van der Waals surface area contributed by atoms with Crippen LogP contribution in [0.4, 0.5) is 0 Å². The van der Waals surface area contributed by atoms with Crippen molar-refractivity contribution in [1.29, 1.82) is 0 Å². The van der Waals surface area contributed by atoms with Crippen molar-refractivity contribution >= 4 is 21.8 Å². The summed E-state index contributed by atoms with van der Waals surface area (Å²) in [4.78, 5) is 21.4. The largest absolute Gasteiger partial charge is 0.493 e. The van der Waals surface area contributed by atoms with Crippen LogP contribution in [0.15, 0.2) is 59.3 Å². The van der Waals surface area contributed by atoms with Gasteiger partial charge in [0.05, 0.1) is 25.5 Å². The fourth-order valence-electron chi connectivity index (χ4n) is 2.59. The van der Waals surface area contributed by atoms with Gasteiger partial charge in [-0.05, 0) is 51.8 Å². The normalized spacial score (nSPS) is 10.3. The molecule has 6 nitrogen and oxygen atoms in total. The third-order valence-electron chi connectivity index (χ3n) is 3.91. The molecule has 0 radical (unpaired) electrons. The van der Waals surface area contributed by atoms with Crippen molar-refractivity contribution in [1.82, 2.24) is 15.3 Å². The number of nitrogens with one attached hydrogen (secondary N) is 1. The van der Waals surface area contributed by atoms with Crippen molar-refractivity contribution in [2.24, 2.45) is 0 Å². The Labute approximate surface area is 165 Å². The molecule has 0 saturated heterocycles. The standard InChI is InChI=1S/C20H18BrN3O3/c1-26-17-7-6-13(9-18(17)27-2)11-24-20(25)15-10-14(21)12-23-19(15)16-5-3-4-8-22-16/h3-10,12H,11H2,1-2H3,(H,24,25). The lowest BCUT2D eigenvalue weighted by Gasteiger charge is -2.12. The summed E-state index contributed by atoms with van der Waals surface area (Å²) in [6.45, 7) is 0.341. The number of rotatable bonds is 6. The first-order chi connectivity index (χ1) is 13.1. The highest BCUT2D eigenvalue weighted by Gasteiger charge is 2.16. The van der Waals surface area contributed by atoms with Crippen LogP contribution in [0.3, 0.4) is 0 Å². The van der Waals surface area contributed by atoms with Gasteiger partial charge in [-0.3, -0.25) is 14.8 Å². The van der Waals surface area contributed by atoms with E-state index in [-0.39, 0.29) is 5.91 Å². The van der Waals surface area contributed by atoms with Crippen molar-refractivity contribution in [2.45, 2.75) is 6.54 Å². The number of halogens is 1. The SMILES string of the molecule is COc1ccc(CNC(=O)c2cc(Br)cnc2-c2ccccn2)cc1OC. The van der Waals surface area contributed by atoms with Gasteiger partial charge in [0.15, 0.2) is 11.5 Å². The fraction of sp³-hybridized carbons (Fsp3) is 0.150.